The minimum Gasteiger partial charge on any atom is -0.379 e. The minimum atomic E-state index is -0.705. The predicted octanol–water partition coefficient (Wildman–Crippen LogP) is -1.16. The van der Waals surface area contributed by atoms with Crippen LogP contribution in [0.15, 0.2) is 0 Å². The van der Waals surface area contributed by atoms with Crippen molar-refractivity contribution in [1.82, 2.24) is 15.1 Å². The molecule has 1 atom stereocenters. The minimum absolute atomic E-state index is 0.00262. The van der Waals surface area contributed by atoms with Crippen molar-refractivity contribution in [3.05, 3.63) is 17.5 Å². The lowest BCUT2D eigenvalue weighted by atomic mass is 10.2. The fourth-order valence-corrected chi connectivity index (χ4v) is 1.63. The van der Waals surface area contributed by atoms with E-state index in [2.05, 4.69) is 16.5 Å². The molecule has 2 amide bonds. The summed E-state index contributed by atoms with van der Waals surface area (Å²) >= 11 is 0. The van der Waals surface area contributed by atoms with Crippen molar-refractivity contribution in [3.8, 4) is 0 Å². The van der Waals surface area contributed by atoms with Crippen LogP contribution in [0.5, 0.6) is 0 Å². The lowest BCUT2D eigenvalue weighted by Gasteiger charge is -2.09. The normalized spacial score (nSPS) is 19.2. The van der Waals surface area contributed by atoms with E-state index in [0.29, 0.717) is 13.2 Å². The van der Waals surface area contributed by atoms with E-state index >= 15 is 0 Å². The Morgan fingerprint density at radius 3 is 2.94 bits per heavy atom. The van der Waals surface area contributed by atoms with E-state index in [1.165, 1.54) is 4.68 Å². The number of aromatic nitrogens is 2. The van der Waals surface area contributed by atoms with Crippen molar-refractivity contribution in [2.75, 3.05) is 13.2 Å². The van der Waals surface area contributed by atoms with E-state index in [9.17, 15) is 9.59 Å². The van der Waals surface area contributed by atoms with Gasteiger partial charge < -0.3 is 15.8 Å². The highest BCUT2D eigenvalue weighted by molar-refractivity contribution is 5.96. The molecule has 1 saturated heterocycles. The predicted molar refractivity (Wildman–Crippen MR) is 57.3 cm³/mol. The summed E-state index contributed by atoms with van der Waals surface area (Å²) in [6.45, 7) is 1.15. The molecule has 1 aromatic heterocycles. The highest BCUT2D eigenvalue weighted by Gasteiger charge is 2.22. The van der Waals surface area contributed by atoms with Crippen LogP contribution in [0.3, 0.4) is 0 Å². The summed E-state index contributed by atoms with van der Waals surface area (Å²) in [7, 11) is 1.56. The maximum absolute atomic E-state index is 11.8. The van der Waals surface area contributed by atoms with Crippen LogP contribution in [-0.2, 0) is 11.8 Å². The molecule has 0 aliphatic carbocycles. The molecular formula is C10H13N4O3. The lowest BCUT2D eigenvalue weighted by molar-refractivity contribution is 0.0919. The Labute approximate surface area is 97.9 Å². The summed E-state index contributed by atoms with van der Waals surface area (Å²) in [5.41, 5.74) is 5.21. The van der Waals surface area contributed by atoms with Gasteiger partial charge in [-0.05, 0) is 6.42 Å². The summed E-state index contributed by atoms with van der Waals surface area (Å²) in [5.74, 6) is -1.04. The number of carbonyl (C=O) groups excluding carboxylic acids is 2. The Bertz CT molecular complexity index is 448. The van der Waals surface area contributed by atoms with E-state index in [-0.39, 0.29) is 23.3 Å². The second-order valence-electron chi connectivity index (χ2n) is 3.84. The Morgan fingerprint density at radius 2 is 2.41 bits per heavy atom. The number of ether oxygens (including phenoxy) is 1. The van der Waals surface area contributed by atoms with Crippen molar-refractivity contribution in [1.29, 1.82) is 0 Å². The first-order chi connectivity index (χ1) is 8.08. The Balaban J connectivity index is 2.10. The molecule has 1 aliphatic rings. The average Bonchev–Trinajstić information content (AvgIpc) is 2.86. The van der Waals surface area contributed by atoms with Crippen molar-refractivity contribution < 1.29 is 14.3 Å². The maximum Gasteiger partial charge on any atom is 0.270 e. The molecule has 2 heterocycles. The monoisotopic (exact) mass is 237 g/mol. The maximum atomic E-state index is 11.8. The summed E-state index contributed by atoms with van der Waals surface area (Å²) in [6, 6.07) is 2.58. The number of amides is 2. The molecule has 0 aromatic carbocycles. The Morgan fingerprint density at radius 1 is 1.65 bits per heavy atom. The van der Waals surface area contributed by atoms with E-state index in [0.717, 1.165) is 6.42 Å². The van der Waals surface area contributed by atoms with Crippen molar-refractivity contribution in [2.24, 2.45) is 12.8 Å². The molecule has 0 saturated carbocycles. The quantitative estimate of drug-likeness (QED) is 0.692. The molecule has 7 nitrogen and oxygen atoms in total. The van der Waals surface area contributed by atoms with E-state index in [1.807, 2.05) is 0 Å². The number of hydrogen-bond acceptors (Lipinski definition) is 4. The van der Waals surface area contributed by atoms with Gasteiger partial charge in [0, 0.05) is 13.7 Å². The van der Waals surface area contributed by atoms with Crippen molar-refractivity contribution in [3.63, 3.8) is 0 Å². The molecular weight excluding hydrogens is 224 g/mol. The van der Waals surface area contributed by atoms with Crippen LogP contribution in [0, 0.1) is 6.07 Å². The Hall–Kier alpha value is -1.89. The van der Waals surface area contributed by atoms with Gasteiger partial charge in [-0.2, -0.15) is 5.10 Å². The van der Waals surface area contributed by atoms with Gasteiger partial charge in [0.2, 0.25) is 0 Å². The van der Waals surface area contributed by atoms with Crippen LogP contribution in [-0.4, -0.2) is 40.9 Å². The van der Waals surface area contributed by atoms with Crippen LogP contribution in [0.4, 0.5) is 0 Å². The van der Waals surface area contributed by atoms with Crippen LogP contribution in [0.1, 0.15) is 27.4 Å². The molecule has 0 unspecified atom stereocenters. The van der Waals surface area contributed by atoms with E-state index in [4.69, 9.17) is 10.5 Å². The van der Waals surface area contributed by atoms with Gasteiger partial charge in [-0.1, -0.05) is 0 Å². The third-order valence-electron chi connectivity index (χ3n) is 2.52. The van der Waals surface area contributed by atoms with Gasteiger partial charge in [-0.25, -0.2) is 0 Å². The largest absolute Gasteiger partial charge is 0.379 e. The SMILES string of the molecule is Cn1nc(C(N)=O)[c]c1C(=O)N[C@H]1CCOC1. The Kier molecular flexibility index (Phi) is 3.10. The zero-order valence-corrected chi connectivity index (χ0v) is 9.40. The molecule has 7 heteroatoms. The van der Waals surface area contributed by atoms with Gasteiger partial charge in [-0.15, -0.1) is 0 Å². The fourth-order valence-electron chi connectivity index (χ4n) is 1.63. The van der Waals surface area contributed by atoms with Crippen LogP contribution in [0.2, 0.25) is 0 Å². The van der Waals surface area contributed by atoms with Crippen molar-refractivity contribution >= 4 is 11.8 Å². The zero-order valence-electron chi connectivity index (χ0n) is 9.40. The molecule has 0 bridgehead atoms. The number of nitrogens with one attached hydrogen (secondary N) is 1. The number of aryl methyl sites for hydroxylation is 1. The van der Waals surface area contributed by atoms with Gasteiger partial charge in [0.25, 0.3) is 11.8 Å². The van der Waals surface area contributed by atoms with Crippen LogP contribution < -0.4 is 11.1 Å². The highest BCUT2D eigenvalue weighted by Crippen LogP contribution is 2.06. The number of rotatable bonds is 3. The van der Waals surface area contributed by atoms with Gasteiger partial charge >= 0.3 is 0 Å². The first-order valence-corrected chi connectivity index (χ1v) is 5.22. The number of nitrogens with zero attached hydrogens (tertiary/aromatic N) is 2. The molecule has 2 rings (SSSR count). The summed E-state index contributed by atoms with van der Waals surface area (Å²) in [6.07, 6.45) is 0.784. The second-order valence-corrected chi connectivity index (χ2v) is 3.84. The van der Waals surface area contributed by atoms with Gasteiger partial charge in [0.05, 0.1) is 18.7 Å². The summed E-state index contributed by atoms with van der Waals surface area (Å²) < 4.78 is 6.43. The van der Waals surface area contributed by atoms with Crippen LogP contribution in [0.25, 0.3) is 0 Å². The third-order valence-corrected chi connectivity index (χ3v) is 2.52. The van der Waals surface area contributed by atoms with Gasteiger partial charge in [0.15, 0.2) is 5.69 Å². The lowest BCUT2D eigenvalue weighted by Crippen LogP contribution is -2.36. The molecule has 1 aliphatic heterocycles. The van der Waals surface area contributed by atoms with Gasteiger partial charge in [0.1, 0.15) is 5.69 Å². The second kappa shape index (κ2) is 4.54. The third kappa shape index (κ3) is 2.44. The standard InChI is InChI=1S/C10H13N4O3/c1-14-8(4-7(13-14)9(11)15)10(16)12-6-2-3-17-5-6/h6H,2-3,5H2,1H3,(H2,11,15)(H,12,16)/t6-/m0/s1. The number of hydrogen-bond donors (Lipinski definition) is 2. The molecule has 17 heavy (non-hydrogen) atoms. The average molecular weight is 237 g/mol. The van der Waals surface area contributed by atoms with Crippen molar-refractivity contribution in [2.45, 2.75) is 12.5 Å². The fraction of sp³-hybridized carbons (Fsp3) is 0.500. The topological polar surface area (TPSA) is 99.2 Å². The van der Waals surface area contributed by atoms with E-state index < -0.39 is 5.91 Å². The number of nitrogens with two attached hydrogens (primary N) is 1. The molecule has 3 N–H and O–H groups in total. The first-order valence-electron chi connectivity index (χ1n) is 5.22. The summed E-state index contributed by atoms with van der Waals surface area (Å²) in [5, 5.41) is 6.58. The smallest absolute Gasteiger partial charge is 0.270 e. The molecule has 91 valence electrons. The molecule has 0 spiro atoms. The highest BCUT2D eigenvalue weighted by atomic mass is 16.5. The number of carbonyl (C=O) groups is 2. The van der Waals surface area contributed by atoms with Crippen LogP contribution >= 0.6 is 0 Å². The molecule has 1 fully saturated rings. The molecule has 1 radical (unpaired) electrons. The summed E-state index contributed by atoms with van der Waals surface area (Å²) in [4.78, 5) is 22.7. The van der Waals surface area contributed by atoms with E-state index in [1.54, 1.807) is 7.05 Å². The number of primary amides is 1. The zero-order chi connectivity index (χ0) is 12.4. The first kappa shape index (κ1) is 11.6. The molecule has 1 aromatic rings. The van der Waals surface area contributed by atoms with Gasteiger partial charge in [-0.3, -0.25) is 14.3 Å².